The molecule has 1 amide bonds. The molecule has 7 heteroatoms. The molecular weight excluding hydrogens is 284 g/mol. The van der Waals surface area contributed by atoms with E-state index in [1.54, 1.807) is 36.7 Å². The Morgan fingerprint density at radius 2 is 2.00 bits per heavy atom. The van der Waals surface area contributed by atoms with Gasteiger partial charge in [0.2, 0.25) is 5.91 Å². The topological polar surface area (TPSA) is 90.0 Å². The second-order valence-corrected chi connectivity index (χ2v) is 4.77. The number of rotatable bonds is 5. The first kappa shape index (κ1) is 14.0. The van der Waals surface area contributed by atoms with Gasteiger partial charge in [-0.15, -0.1) is 0 Å². The maximum absolute atomic E-state index is 12.0. The summed E-state index contributed by atoms with van der Waals surface area (Å²) in [5, 5.41) is 2.77. The number of carbonyl (C=O) groups is 1. The molecule has 0 aliphatic heterocycles. The lowest BCUT2D eigenvalue weighted by atomic mass is 10.2. The van der Waals surface area contributed by atoms with E-state index >= 15 is 0 Å². The van der Waals surface area contributed by atoms with Crippen LogP contribution in [0, 0.1) is 0 Å². The second kappa shape index (κ2) is 6.21. The molecule has 1 aromatic carbocycles. The minimum atomic E-state index is -0.534. The molecule has 112 valence electrons. The minimum Gasteiger partial charge on any atom is -0.408 e. The van der Waals surface area contributed by atoms with Crippen LogP contribution in [0.4, 0.5) is 0 Å². The number of amides is 1. The lowest BCUT2D eigenvalue weighted by Crippen LogP contribution is -2.32. The third kappa shape index (κ3) is 3.03. The number of para-hydroxylation sites is 2. The molecule has 0 saturated carbocycles. The van der Waals surface area contributed by atoms with E-state index in [0.29, 0.717) is 24.1 Å². The lowest BCUT2D eigenvalue weighted by Gasteiger charge is -2.05. The Hall–Kier alpha value is -2.96. The summed E-state index contributed by atoms with van der Waals surface area (Å²) in [5.74, 6) is -0.779. The van der Waals surface area contributed by atoms with E-state index in [9.17, 15) is 9.59 Å². The van der Waals surface area contributed by atoms with E-state index in [-0.39, 0.29) is 12.5 Å². The van der Waals surface area contributed by atoms with Crippen LogP contribution in [0.5, 0.6) is 0 Å². The van der Waals surface area contributed by atoms with Gasteiger partial charge in [-0.1, -0.05) is 12.1 Å². The van der Waals surface area contributed by atoms with Crippen LogP contribution in [0.3, 0.4) is 0 Å². The fourth-order valence-electron chi connectivity index (χ4n) is 2.17. The molecule has 0 spiro atoms. The molecule has 2 aromatic heterocycles. The van der Waals surface area contributed by atoms with Crippen LogP contribution in [0.2, 0.25) is 0 Å². The summed E-state index contributed by atoms with van der Waals surface area (Å²) < 4.78 is 6.40. The molecule has 7 nitrogen and oxygen atoms in total. The summed E-state index contributed by atoms with van der Waals surface area (Å²) in [6, 6.07) is 7.01. The number of nitrogens with one attached hydrogen (secondary N) is 1. The van der Waals surface area contributed by atoms with Gasteiger partial charge in [-0.2, -0.15) is 0 Å². The van der Waals surface area contributed by atoms with Gasteiger partial charge in [0.1, 0.15) is 12.9 Å². The second-order valence-electron chi connectivity index (χ2n) is 4.77. The average molecular weight is 298 g/mol. The summed E-state index contributed by atoms with van der Waals surface area (Å²) in [6.45, 7) is 0.387. The van der Waals surface area contributed by atoms with Gasteiger partial charge in [0.25, 0.3) is 0 Å². The number of aromatic nitrogens is 3. The zero-order valence-electron chi connectivity index (χ0n) is 11.7. The summed E-state index contributed by atoms with van der Waals surface area (Å²) in [4.78, 5) is 31.5. The molecule has 0 aliphatic carbocycles. The fraction of sp³-hybridized carbons (Fsp3) is 0.200. The zero-order valence-corrected chi connectivity index (χ0v) is 11.7. The highest BCUT2D eigenvalue weighted by molar-refractivity contribution is 5.79. The van der Waals surface area contributed by atoms with Crippen LogP contribution < -0.4 is 11.1 Å². The summed E-state index contributed by atoms with van der Waals surface area (Å²) >= 11 is 0. The Balaban J connectivity index is 1.61. The van der Waals surface area contributed by atoms with Gasteiger partial charge in [0.15, 0.2) is 5.58 Å². The minimum absolute atomic E-state index is 0.0683. The SMILES string of the molecule is O=C(Cn1c(=O)oc2ccccc21)NCCc1cncnc1. The molecule has 0 atom stereocenters. The maximum Gasteiger partial charge on any atom is 0.420 e. The predicted octanol–water partition coefficient (Wildman–Crippen LogP) is 0.743. The van der Waals surface area contributed by atoms with E-state index in [0.717, 1.165) is 5.56 Å². The molecule has 3 rings (SSSR count). The first-order chi connectivity index (χ1) is 10.7. The van der Waals surface area contributed by atoms with Crippen molar-refractivity contribution >= 4 is 17.0 Å². The molecule has 0 bridgehead atoms. The molecule has 0 aliphatic rings. The van der Waals surface area contributed by atoms with E-state index in [4.69, 9.17) is 4.42 Å². The highest BCUT2D eigenvalue weighted by Gasteiger charge is 2.11. The number of oxazole rings is 1. The predicted molar refractivity (Wildman–Crippen MR) is 79.2 cm³/mol. The number of hydrogen-bond acceptors (Lipinski definition) is 5. The summed E-state index contributed by atoms with van der Waals surface area (Å²) in [6.07, 6.45) is 5.49. The monoisotopic (exact) mass is 298 g/mol. The smallest absolute Gasteiger partial charge is 0.408 e. The quantitative estimate of drug-likeness (QED) is 0.750. The average Bonchev–Trinajstić information content (AvgIpc) is 2.84. The molecule has 1 N–H and O–H groups in total. The van der Waals surface area contributed by atoms with Gasteiger partial charge in [0.05, 0.1) is 5.52 Å². The van der Waals surface area contributed by atoms with E-state index in [1.165, 1.54) is 10.9 Å². The van der Waals surface area contributed by atoms with E-state index in [2.05, 4.69) is 15.3 Å². The van der Waals surface area contributed by atoms with Crippen molar-refractivity contribution in [2.75, 3.05) is 6.54 Å². The van der Waals surface area contributed by atoms with Crippen LogP contribution in [-0.4, -0.2) is 27.0 Å². The number of hydrogen-bond donors (Lipinski definition) is 1. The molecule has 0 fully saturated rings. The van der Waals surface area contributed by atoms with E-state index in [1.807, 2.05) is 0 Å². The fourth-order valence-corrected chi connectivity index (χ4v) is 2.17. The highest BCUT2D eigenvalue weighted by Crippen LogP contribution is 2.11. The molecule has 0 saturated heterocycles. The first-order valence-electron chi connectivity index (χ1n) is 6.83. The van der Waals surface area contributed by atoms with Gasteiger partial charge >= 0.3 is 5.76 Å². The van der Waals surface area contributed by atoms with Crippen molar-refractivity contribution in [1.82, 2.24) is 19.9 Å². The summed E-state index contributed by atoms with van der Waals surface area (Å²) in [7, 11) is 0. The maximum atomic E-state index is 12.0. The number of benzene rings is 1. The number of carbonyl (C=O) groups excluding carboxylic acids is 1. The van der Waals surface area contributed by atoms with Gasteiger partial charge < -0.3 is 9.73 Å². The van der Waals surface area contributed by atoms with Crippen molar-refractivity contribution in [2.24, 2.45) is 0 Å². The Bertz CT molecular complexity index is 839. The largest absolute Gasteiger partial charge is 0.420 e. The van der Waals surface area contributed by atoms with Crippen molar-refractivity contribution in [2.45, 2.75) is 13.0 Å². The van der Waals surface area contributed by atoms with Crippen LogP contribution in [-0.2, 0) is 17.8 Å². The molecule has 3 aromatic rings. The highest BCUT2D eigenvalue weighted by atomic mass is 16.4. The van der Waals surface area contributed by atoms with Crippen molar-refractivity contribution in [3.05, 3.63) is 59.1 Å². The Kier molecular flexibility index (Phi) is 3.95. The normalized spacial score (nSPS) is 10.7. The first-order valence-corrected chi connectivity index (χ1v) is 6.83. The standard InChI is InChI=1S/C15H14N4O3/c20-14(18-6-5-11-7-16-10-17-8-11)9-19-12-3-1-2-4-13(12)22-15(19)21/h1-4,7-8,10H,5-6,9H2,(H,18,20). The third-order valence-electron chi connectivity index (χ3n) is 3.23. The zero-order chi connectivity index (χ0) is 15.4. The lowest BCUT2D eigenvalue weighted by molar-refractivity contribution is -0.121. The molecule has 0 radical (unpaired) electrons. The molecule has 0 unspecified atom stereocenters. The van der Waals surface area contributed by atoms with E-state index < -0.39 is 5.76 Å². The number of nitrogens with zero attached hydrogens (tertiary/aromatic N) is 3. The summed E-state index contributed by atoms with van der Waals surface area (Å²) in [5.41, 5.74) is 2.02. The van der Waals surface area contributed by atoms with Crippen molar-refractivity contribution in [1.29, 1.82) is 0 Å². The Morgan fingerprint density at radius 1 is 1.23 bits per heavy atom. The molecular formula is C15H14N4O3. The van der Waals surface area contributed by atoms with Crippen LogP contribution in [0.25, 0.3) is 11.1 Å². The van der Waals surface area contributed by atoms with Gasteiger partial charge in [-0.25, -0.2) is 14.8 Å². The molecule has 2 heterocycles. The molecule has 22 heavy (non-hydrogen) atoms. The van der Waals surface area contributed by atoms with Crippen molar-refractivity contribution < 1.29 is 9.21 Å². The van der Waals surface area contributed by atoms with Gasteiger partial charge in [-0.3, -0.25) is 9.36 Å². The number of fused-ring (bicyclic) bond motifs is 1. The van der Waals surface area contributed by atoms with Crippen molar-refractivity contribution in [3.63, 3.8) is 0 Å². The van der Waals surface area contributed by atoms with Crippen molar-refractivity contribution in [3.8, 4) is 0 Å². The van der Waals surface area contributed by atoms with Crippen LogP contribution in [0.15, 0.2) is 52.2 Å². The van der Waals surface area contributed by atoms with Crippen LogP contribution >= 0.6 is 0 Å². The Labute approximate surface area is 125 Å². The van der Waals surface area contributed by atoms with Crippen LogP contribution in [0.1, 0.15) is 5.56 Å². The van der Waals surface area contributed by atoms with Gasteiger partial charge in [-0.05, 0) is 24.1 Å². The van der Waals surface area contributed by atoms with Gasteiger partial charge in [0, 0.05) is 18.9 Å². The third-order valence-corrected chi connectivity index (χ3v) is 3.23. The Morgan fingerprint density at radius 3 is 2.82 bits per heavy atom.